The molecular formula is C53H108N2O6P+. The molecule has 370 valence electrons. The zero-order valence-corrected chi connectivity index (χ0v) is 43.0. The average molecular weight is 900 g/mol. The van der Waals surface area contributed by atoms with Crippen LogP contribution in [-0.4, -0.2) is 73.4 Å². The number of quaternary nitrogens is 1. The molecule has 0 aliphatic carbocycles. The standard InChI is InChI=1S/C53H107N2O6P/c1-6-8-10-12-14-16-18-20-22-24-26-28-30-32-34-36-38-40-42-44-46-52(56)51(50-61-62(58,59)60-49-48-55(3,4)5)54-53(57)47-45-43-41-39-37-35-33-31-29-27-25-23-21-19-17-15-13-11-9-7-2/h27,29,51-52,56H,6-26,28,30-50H2,1-5H3,(H-,54,57,58,59)/p+1/b29-27-. The van der Waals surface area contributed by atoms with Crippen molar-refractivity contribution < 1.29 is 32.9 Å². The van der Waals surface area contributed by atoms with Gasteiger partial charge in [-0.1, -0.05) is 238 Å². The first-order valence-electron chi connectivity index (χ1n) is 27.1. The minimum absolute atomic E-state index is 0.0761. The molecule has 0 saturated carbocycles. The highest BCUT2D eigenvalue weighted by molar-refractivity contribution is 7.47. The number of aliphatic hydroxyl groups is 1. The van der Waals surface area contributed by atoms with Crippen LogP contribution in [0.1, 0.15) is 271 Å². The van der Waals surface area contributed by atoms with Crippen LogP contribution in [0.3, 0.4) is 0 Å². The molecule has 8 nitrogen and oxygen atoms in total. The van der Waals surface area contributed by atoms with Gasteiger partial charge in [0.2, 0.25) is 5.91 Å². The number of unbranched alkanes of at least 4 members (excludes halogenated alkanes) is 35. The third kappa shape index (κ3) is 47.2. The monoisotopic (exact) mass is 900 g/mol. The molecule has 3 atom stereocenters. The summed E-state index contributed by atoms with van der Waals surface area (Å²) in [7, 11) is 1.62. The number of allylic oxidation sites excluding steroid dienone is 2. The van der Waals surface area contributed by atoms with Crippen LogP contribution in [0.2, 0.25) is 0 Å². The number of hydrogen-bond acceptors (Lipinski definition) is 5. The van der Waals surface area contributed by atoms with Gasteiger partial charge in [0.1, 0.15) is 13.2 Å². The number of hydrogen-bond donors (Lipinski definition) is 3. The van der Waals surface area contributed by atoms with Crippen molar-refractivity contribution in [2.24, 2.45) is 0 Å². The SMILES string of the molecule is CCCCCCCCCCC/C=C\CCCCCCCCCC(=O)NC(COP(=O)(O)OCC[N+](C)(C)C)C(O)CCCCCCCCCCCCCCCCCCCCCC. The predicted octanol–water partition coefficient (Wildman–Crippen LogP) is 15.9. The Morgan fingerprint density at radius 3 is 1.24 bits per heavy atom. The van der Waals surface area contributed by atoms with Crippen LogP contribution in [0.4, 0.5) is 0 Å². The van der Waals surface area contributed by atoms with Gasteiger partial charge in [0.25, 0.3) is 0 Å². The molecule has 1 amide bonds. The summed E-state index contributed by atoms with van der Waals surface area (Å²) >= 11 is 0. The minimum atomic E-state index is -4.32. The van der Waals surface area contributed by atoms with E-state index in [-0.39, 0.29) is 19.1 Å². The first kappa shape index (κ1) is 61.2. The Labute approximate surface area is 386 Å². The quantitative estimate of drug-likeness (QED) is 0.0243. The van der Waals surface area contributed by atoms with Gasteiger partial charge in [-0.3, -0.25) is 13.8 Å². The molecule has 0 radical (unpaired) electrons. The van der Waals surface area contributed by atoms with Gasteiger partial charge in [0.15, 0.2) is 0 Å². The molecule has 0 fully saturated rings. The van der Waals surface area contributed by atoms with Crippen LogP contribution >= 0.6 is 7.82 Å². The number of nitrogens with one attached hydrogen (secondary N) is 1. The molecule has 0 aliphatic rings. The van der Waals surface area contributed by atoms with Crippen LogP contribution in [0.25, 0.3) is 0 Å². The van der Waals surface area contributed by atoms with Crippen molar-refractivity contribution in [1.82, 2.24) is 5.32 Å². The van der Waals surface area contributed by atoms with Crippen LogP contribution in [0.5, 0.6) is 0 Å². The summed E-state index contributed by atoms with van der Waals surface area (Å²) < 4.78 is 23.7. The normalized spacial score (nSPS) is 14.1. The van der Waals surface area contributed by atoms with E-state index in [1.54, 1.807) is 0 Å². The fourth-order valence-electron chi connectivity index (χ4n) is 8.22. The average Bonchev–Trinajstić information content (AvgIpc) is 3.23. The molecule has 0 spiro atoms. The van der Waals surface area contributed by atoms with Crippen molar-refractivity contribution >= 4 is 13.7 Å². The van der Waals surface area contributed by atoms with Gasteiger partial charge in [-0.25, -0.2) is 4.57 Å². The van der Waals surface area contributed by atoms with E-state index in [0.29, 0.717) is 23.9 Å². The van der Waals surface area contributed by atoms with Crippen molar-refractivity contribution in [2.75, 3.05) is 40.9 Å². The van der Waals surface area contributed by atoms with E-state index in [0.717, 1.165) is 38.5 Å². The maximum atomic E-state index is 13.0. The van der Waals surface area contributed by atoms with E-state index in [2.05, 4.69) is 31.3 Å². The number of rotatable bonds is 50. The van der Waals surface area contributed by atoms with E-state index in [9.17, 15) is 19.4 Å². The summed E-state index contributed by atoms with van der Waals surface area (Å²) in [6.45, 7) is 4.92. The summed E-state index contributed by atoms with van der Waals surface area (Å²) in [5.41, 5.74) is 0. The second kappa shape index (κ2) is 45.4. The van der Waals surface area contributed by atoms with Gasteiger partial charge < -0.3 is 19.8 Å². The van der Waals surface area contributed by atoms with Crippen molar-refractivity contribution in [1.29, 1.82) is 0 Å². The number of carbonyl (C=O) groups excluding carboxylic acids is 1. The van der Waals surface area contributed by atoms with E-state index in [4.69, 9.17) is 9.05 Å². The molecule has 0 saturated heterocycles. The zero-order valence-electron chi connectivity index (χ0n) is 42.1. The number of carbonyl (C=O) groups is 1. The maximum Gasteiger partial charge on any atom is 0.472 e. The molecule has 0 aromatic carbocycles. The molecule has 0 aliphatic heterocycles. The minimum Gasteiger partial charge on any atom is -0.391 e. The lowest BCUT2D eigenvalue weighted by atomic mass is 10.0. The van der Waals surface area contributed by atoms with Crippen LogP contribution in [0.15, 0.2) is 12.2 Å². The Hall–Kier alpha value is -0.760. The molecule has 0 bridgehead atoms. The second-order valence-electron chi connectivity index (χ2n) is 20.0. The summed E-state index contributed by atoms with van der Waals surface area (Å²) in [6.07, 6.45) is 53.9. The molecule has 9 heteroatoms. The van der Waals surface area contributed by atoms with E-state index < -0.39 is 20.0 Å². The number of likely N-dealkylation sites (N-methyl/N-ethyl adjacent to an activating group) is 1. The van der Waals surface area contributed by atoms with E-state index in [1.165, 1.54) is 205 Å². The smallest absolute Gasteiger partial charge is 0.391 e. The van der Waals surface area contributed by atoms with Gasteiger partial charge in [-0.2, -0.15) is 0 Å². The lowest BCUT2D eigenvalue weighted by Crippen LogP contribution is -2.46. The molecule has 3 unspecified atom stereocenters. The number of amides is 1. The van der Waals surface area contributed by atoms with Gasteiger partial charge >= 0.3 is 7.82 Å². The molecule has 0 aromatic rings. The summed E-state index contributed by atoms with van der Waals surface area (Å²) in [5.74, 6) is -0.144. The summed E-state index contributed by atoms with van der Waals surface area (Å²) in [5, 5.41) is 14.0. The van der Waals surface area contributed by atoms with Crippen molar-refractivity contribution in [3.63, 3.8) is 0 Å². The largest absolute Gasteiger partial charge is 0.472 e. The second-order valence-corrected chi connectivity index (χ2v) is 21.4. The van der Waals surface area contributed by atoms with Gasteiger partial charge in [-0.05, 0) is 38.5 Å². The summed E-state index contributed by atoms with van der Waals surface area (Å²) in [4.78, 5) is 23.3. The number of phosphoric ester groups is 1. The zero-order chi connectivity index (χ0) is 45.7. The van der Waals surface area contributed by atoms with Crippen molar-refractivity contribution in [2.45, 2.75) is 283 Å². The van der Waals surface area contributed by atoms with Crippen LogP contribution in [-0.2, 0) is 18.4 Å². The fourth-order valence-corrected chi connectivity index (χ4v) is 8.96. The first-order valence-corrected chi connectivity index (χ1v) is 28.5. The molecule has 0 aromatic heterocycles. The van der Waals surface area contributed by atoms with Gasteiger partial charge in [0.05, 0.1) is 39.9 Å². The maximum absolute atomic E-state index is 13.0. The van der Waals surface area contributed by atoms with E-state index in [1.807, 2.05) is 21.1 Å². The lowest BCUT2D eigenvalue weighted by molar-refractivity contribution is -0.870. The number of aliphatic hydroxyl groups excluding tert-OH is 1. The van der Waals surface area contributed by atoms with Crippen molar-refractivity contribution in [3.05, 3.63) is 12.2 Å². The highest BCUT2D eigenvalue weighted by atomic mass is 31.2. The van der Waals surface area contributed by atoms with Crippen LogP contribution < -0.4 is 5.32 Å². The third-order valence-electron chi connectivity index (χ3n) is 12.5. The van der Waals surface area contributed by atoms with Gasteiger partial charge in [-0.15, -0.1) is 0 Å². The Bertz CT molecular complexity index is 1020. The topological polar surface area (TPSA) is 105 Å². The molecule has 62 heavy (non-hydrogen) atoms. The summed E-state index contributed by atoms with van der Waals surface area (Å²) in [6, 6.07) is -0.760. The van der Waals surface area contributed by atoms with E-state index >= 15 is 0 Å². The highest BCUT2D eigenvalue weighted by Crippen LogP contribution is 2.43. The fraction of sp³-hybridized carbons (Fsp3) is 0.943. The first-order chi connectivity index (χ1) is 30.0. The Balaban J connectivity index is 4.22. The van der Waals surface area contributed by atoms with Crippen LogP contribution in [0, 0.1) is 0 Å². The Morgan fingerprint density at radius 2 is 0.871 bits per heavy atom. The number of phosphoric acid groups is 1. The molecule has 0 heterocycles. The predicted molar refractivity (Wildman–Crippen MR) is 268 cm³/mol. The molecule has 0 rings (SSSR count). The third-order valence-corrected chi connectivity index (χ3v) is 13.5. The van der Waals surface area contributed by atoms with Crippen molar-refractivity contribution in [3.8, 4) is 0 Å². The number of nitrogens with zero attached hydrogens (tertiary/aromatic N) is 1. The van der Waals surface area contributed by atoms with Gasteiger partial charge in [0, 0.05) is 6.42 Å². The highest BCUT2D eigenvalue weighted by Gasteiger charge is 2.28. The molecule has 3 N–H and O–H groups in total. The lowest BCUT2D eigenvalue weighted by Gasteiger charge is -2.26. The Kier molecular flexibility index (Phi) is 44.8. The Morgan fingerprint density at radius 1 is 0.532 bits per heavy atom. The molecular weight excluding hydrogens is 792 g/mol.